The van der Waals surface area contributed by atoms with Crippen LogP contribution in [0.1, 0.15) is 20.8 Å². The number of carbonyl (C=O) groups excluding carboxylic acids is 3. The minimum atomic E-state index is -0.938. The number of thiophene rings is 1. The molecular weight excluding hydrogens is 388 g/mol. The maximum atomic E-state index is 12.6. The zero-order valence-corrected chi connectivity index (χ0v) is 16.3. The molecule has 3 rings (SSSR count). The lowest BCUT2D eigenvalue weighted by Gasteiger charge is -2.11. The number of hydrogen-bond donors (Lipinski definition) is 3. The maximum Gasteiger partial charge on any atom is 0.329 e. The Morgan fingerprint density at radius 1 is 0.931 bits per heavy atom. The van der Waals surface area contributed by atoms with Crippen LogP contribution in [0.5, 0.6) is 0 Å². The normalized spacial score (nSPS) is 10.5. The highest BCUT2D eigenvalue weighted by Gasteiger charge is 2.17. The van der Waals surface area contributed by atoms with Crippen molar-refractivity contribution in [2.45, 2.75) is 6.92 Å². The molecule has 0 bridgehead atoms. The molecule has 3 aromatic rings. The Morgan fingerprint density at radius 3 is 2.52 bits per heavy atom. The Morgan fingerprint density at radius 2 is 1.76 bits per heavy atom. The zero-order chi connectivity index (χ0) is 20.6. The highest BCUT2D eigenvalue weighted by atomic mass is 32.1. The molecule has 0 radical (unpaired) electrons. The van der Waals surface area contributed by atoms with Crippen molar-refractivity contribution in [3.8, 4) is 0 Å². The Bertz CT molecular complexity index is 1060. The van der Waals surface area contributed by atoms with Crippen molar-refractivity contribution in [1.82, 2.24) is 5.43 Å². The molecule has 0 aliphatic carbocycles. The number of carbonyl (C=O) groups is 3. The van der Waals surface area contributed by atoms with E-state index in [-0.39, 0.29) is 11.3 Å². The first-order chi connectivity index (χ1) is 14.0. The molecule has 0 unspecified atom stereocenters. The maximum absolute atomic E-state index is 12.6. The summed E-state index contributed by atoms with van der Waals surface area (Å²) in [5.74, 6) is -2.27. The second kappa shape index (κ2) is 9.43. The number of para-hydroxylation sites is 1. The van der Waals surface area contributed by atoms with Crippen molar-refractivity contribution >= 4 is 46.6 Å². The van der Waals surface area contributed by atoms with Gasteiger partial charge in [-0.1, -0.05) is 30.3 Å². The monoisotopic (exact) mass is 406 g/mol. The van der Waals surface area contributed by atoms with E-state index in [1.54, 1.807) is 30.3 Å². The van der Waals surface area contributed by atoms with Gasteiger partial charge in [-0.3, -0.25) is 14.4 Å². The van der Waals surface area contributed by atoms with Crippen LogP contribution >= 0.6 is 11.3 Å². The van der Waals surface area contributed by atoms with Crippen molar-refractivity contribution in [3.63, 3.8) is 0 Å². The van der Waals surface area contributed by atoms with Gasteiger partial charge in [-0.2, -0.15) is 5.10 Å². The van der Waals surface area contributed by atoms with Crippen LogP contribution in [0.3, 0.4) is 0 Å². The van der Waals surface area contributed by atoms with Gasteiger partial charge in [0.2, 0.25) is 0 Å². The van der Waals surface area contributed by atoms with E-state index in [1.807, 2.05) is 42.6 Å². The van der Waals surface area contributed by atoms with E-state index in [9.17, 15) is 14.4 Å². The molecular formula is C21H18N4O3S. The molecule has 2 aromatic carbocycles. The molecule has 29 heavy (non-hydrogen) atoms. The molecule has 0 atom stereocenters. The molecule has 1 heterocycles. The van der Waals surface area contributed by atoms with Crippen LogP contribution in [-0.2, 0) is 9.59 Å². The van der Waals surface area contributed by atoms with E-state index < -0.39 is 17.7 Å². The van der Waals surface area contributed by atoms with Gasteiger partial charge in [0.25, 0.3) is 5.91 Å². The Kier molecular flexibility index (Phi) is 6.49. The third-order valence-corrected chi connectivity index (χ3v) is 4.61. The smallest absolute Gasteiger partial charge is 0.322 e. The van der Waals surface area contributed by atoms with E-state index in [2.05, 4.69) is 21.2 Å². The van der Waals surface area contributed by atoms with Crippen molar-refractivity contribution in [3.05, 3.63) is 82.0 Å². The minimum Gasteiger partial charge on any atom is -0.322 e. The second-order valence-electron chi connectivity index (χ2n) is 6.04. The van der Waals surface area contributed by atoms with E-state index in [0.717, 1.165) is 10.4 Å². The number of aryl methyl sites for hydroxylation is 1. The van der Waals surface area contributed by atoms with Crippen molar-refractivity contribution in [2.24, 2.45) is 5.10 Å². The van der Waals surface area contributed by atoms with Gasteiger partial charge in [0.15, 0.2) is 0 Å². The average Bonchev–Trinajstić information content (AvgIpc) is 3.21. The molecule has 0 fully saturated rings. The van der Waals surface area contributed by atoms with Gasteiger partial charge in [-0.25, -0.2) is 5.43 Å². The molecule has 1 aromatic heterocycles. The standard InChI is InChI=1S/C21H18N4O3S/c1-14-6-4-7-15(12-14)23-19(26)17-9-2-3-10-18(17)24-20(27)21(28)25-22-13-16-8-5-11-29-16/h2-13H,1H3,(H,23,26)(H,24,27)(H,25,28)/b22-13-. The molecule has 0 spiro atoms. The lowest BCUT2D eigenvalue weighted by Crippen LogP contribution is -2.33. The molecule has 0 aliphatic heterocycles. The fraction of sp³-hybridized carbons (Fsp3) is 0.0476. The summed E-state index contributed by atoms with van der Waals surface area (Å²) in [5.41, 5.74) is 4.26. The van der Waals surface area contributed by atoms with Gasteiger partial charge in [0.05, 0.1) is 17.5 Å². The van der Waals surface area contributed by atoms with Crippen molar-refractivity contribution in [1.29, 1.82) is 0 Å². The van der Waals surface area contributed by atoms with Crippen LogP contribution in [0.2, 0.25) is 0 Å². The first-order valence-electron chi connectivity index (χ1n) is 8.68. The topological polar surface area (TPSA) is 99.7 Å². The summed E-state index contributed by atoms with van der Waals surface area (Å²) in [5, 5.41) is 10.8. The van der Waals surface area contributed by atoms with Gasteiger partial charge < -0.3 is 10.6 Å². The van der Waals surface area contributed by atoms with Gasteiger partial charge >= 0.3 is 11.8 Å². The summed E-state index contributed by atoms with van der Waals surface area (Å²) >= 11 is 1.45. The van der Waals surface area contributed by atoms with Crippen LogP contribution in [-0.4, -0.2) is 23.9 Å². The molecule has 8 heteroatoms. The van der Waals surface area contributed by atoms with Gasteiger partial charge in [-0.05, 0) is 48.2 Å². The molecule has 0 saturated heterocycles. The number of hydrazone groups is 1. The van der Waals surface area contributed by atoms with Crippen LogP contribution in [0.25, 0.3) is 0 Å². The third kappa shape index (κ3) is 5.60. The number of amides is 3. The summed E-state index contributed by atoms with van der Waals surface area (Å²) in [4.78, 5) is 37.6. The number of anilines is 2. The Labute approximate surface area is 171 Å². The largest absolute Gasteiger partial charge is 0.329 e. The molecule has 7 nitrogen and oxygen atoms in total. The number of nitrogens with zero attached hydrogens (tertiary/aromatic N) is 1. The first-order valence-corrected chi connectivity index (χ1v) is 9.56. The number of rotatable bonds is 5. The van der Waals surface area contributed by atoms with Crippen molar-refractivity contribution < 1.29 is 14.4 Å². The molecule has 0 saturated carbocycles. The molecule has 146 valence electrons. The predicted molar refractivity (Wildman–Crippen MR) is 114 cm³/mol. The van der Waals surface area contributed by atoms with Crippen LogP contribution in [0, 0.1) is 6.92 Å². The van der Waals surface area contributed by atoms with Crippen LogP contribution < -0.4 is 16.1 Å². The van der Waals surface area contributed by atoms with Crippen molar-refractivity contribution in [2.75, 3.05) is 10.6 Å². The highest BCUT2D eigenvalue weighted by molar-refractivity contribution is 7.11. The predicted octanol–water partition coefficient (Wildman–Crippen LogP) is 3.40. The minimum absolute atomic E-state index is 0.222. The fourth-order valence-electron chi connectivity index (χ4n) is 2.46. The van der Waals surface area contributed by atoms with E-state index in [1.165, 1.54) is 17.6 Å². The Balaban J connectivity index is 1.65. The number of nitrogens with one attached hydrogen (secondary N) is 3. The molecule has 3 amide bonds. The SMILES string of the molecule is Cc1cccc(NC(=O)c2ccccc2NC(=O)C(=O)N/N=C\c2cccs2)c1. The molecule has 0 aliphatic rings. The first kappa shape index (κ1) is 20.0. The fourth-order valence-corrected chi connectivity index (χ4v) is 3.05. The summed E-state index contributed by atoms with van der Waals surface area (Å²) < 4.78 is 0. The van der Waals surface area contributed by atoms with E-state index >= 15 is 0 Å². The zero-order valence-electron chi connectivity index (χ0n) is 15.5. The van der Waals surface area contributed by atoms with Gasteiger partial charge in [0, 0.05) is 10.6 Å². The lowest BCUT2D eigenvalue weighted by molar-refractivity contribution is -0.136. The summed E-state index contributed by atoms with van der Waals surface area (Å²) in [6, 6.07) is 17.5. The summed E-state index contributed by atoms with van der Waals surface area (Å²) in [6.07, 6.45) is 1.44. The second-order valence-corrected chi connectivity index (χ2v) is 7.02. The highest BCUT2D eigenvalue weighted by Crippen LogP contribution is 2.18. The van der Waals surface area contributed by atoms with Gasteiger partial charge in [-0.15, -0.1) is 11.3 Å². The number of hydrogen-bond acceptors (Lipinski definition) is 5. The third-order valence-electron chi connectivity index (χ3n) is 3.80. The van der Waals surface area contributed by atoms with Crippen LogP contribution in [0.15, 0.2) is 71.1 Å². The average molecular weight is 406 g/mol. The quantitative estimate of drug-likeness (QED) is 0.344. The summed E-state index contributed by atoms with van der Waals surface area (Å²) in [6.45, 7) is 1.92. The lowest BCUT2D eigenvalue weighted by atomic mass is 10.1. The van der Waals surface area contributed by atoms with E-state index in [0.29, 0.717) is 5.69 Å². The van der Waals surface area contributed by atoms with Crippen LogP contribution in [0.4, 0.5) is 11.4 Å². The summed E-state index contributed by atoms with van der Waals surface area (Å²) in [7, 11) is 0. The number of benzene rings is 2. The van der Waals surface area contributed by atoms with E-state index in [4.69, 9.17) is 0 Å². The van der Waals surface area contributed by atoms with Gasteiger partial charge in [0.1, 0.15) is 0 Å². The Hall–Kier alpha value is -3.78. The molecule has 3 N–H and O–H groups in total.